The van der Waals surface area contributed by atoms with Crippen molar-refractivity contribution in [3.8, 4) is 17.2 Å². The molecule has 2 amide bonds. The zero-order valence-corrected chi connectivity index (χ0v) is 21.0. The maximum absolute atomic E-state index is 14.4. The van der Waals surface area contributed by atoms with Crippen LogP contribution in [0.4, 0.5) is 4.39 Å². The zero-order valence-electron chi connectivity index (χ0n) is 21.0. The molecule has 0 radical (unpaired) electrons. The summed E-state index contributed by atoms with van der Waals surface area (Å²) in [5, 5.41) is 5.83. The fourth-order valence-electron chi connectivity index (χ4n) is 4.71. The number of aromatic nitrogens is 1. The molecule has 0 spiro atoms. The van der Waals surface area contributed by atoms with E-state index in [1.807, 2.05) is 12.1 Å². The Kier molecular flexibility index (Phi) is 7.69. The largest absolute Gasteiger partial charge is 0.493 e. The van der Waals surface area contributed by atoms with Crippen molar-refractivity contribution in [1.82, 2.24) is 20.5 Å². The van der Waals surface area contributed by atoms with Crippen LogP contribution >= 0.6 is 0 Å². The number of ether oxygens (including phenoxy) is 3. The van der Waals surface area contributed by atoms with Gasteiger partial charge in [0, 0.05) is 50.2 Å². The zero-order chi connectivity index (χ0) is 26.5. The summed E-state index contributed by atoms with van der Waals surface area (Å²) in [7, 11) is 1.48. The molecule has 5 rings (SSSR count). The fraction of sp³-hybridized carbons (Fsp3) is 0.321. The SMILES string of the molecule is COc1ccc2cc1OCC(=O)NCc1cc(F)cc(c1)O[C@@H]1CCN(Cc3ccncc3)C[C@@H]1NC2=O. The van der Waals surface area contributed by atoms with Crippen LogP contribution in [-0.2, 0) is 17.9 Å². The Morgan fingerprint density at radius 3 is 2.79 bits per heavy atom. The van der Waals surface area contributed by atoms with Gasteiger partial charge in [-0.15, -0.1) is 0 Å². The topological polar surface area (TPSA) is 102 Å². The predicted octanol–water partition coefficient (Wildman–Crippen LogP) is 2.69. The number of carbonyl (C=O) groups is 2. The summed E-state index contributed by atoms with van der Waals surface area (Å²) in [6.07, 6.45) is 3.74. The summed E-state index contributed by atoms with van der Waals surface area (Å²) < 4.78 is 31.7. The van der Waals surface area contributed by atoms with E-state index in [0.29, 0.717) is 42.1 Å². The molecule has 2 atom stereocenters. The second kappa shape index (κ2) is 11.5. The lowest BCUT2D eigenvalue weighted by atomic mass is 10.00. The maximum atomic E-state index is 14.4. The standard InChI is InChI=1S/C28H29FN4O5/c1-36-25-3-2-20-12-26(25)37-17-27(34)31-14-19-10-21(29)13-22(11-19)38-24-6-9-33(16-23(24)32-28(20)35)15-18-4-7-30-8-5-18/h2-5,7-8,10-13,23-24H,6,9,14-17H2,1H3,(H,31,34)(H,32,35)/t23-,24+/m0/s1. The normalized spacial score (nSPS) is 20.3. The van der Waals surface area contributed by atoms with Gasteiger partial charge in [0.2, 0.25) is 0 Å². The summed E-state index contributed by atoms with van der Waals surface area (Å²) >= 11 is 0. The maximum Gasteiger partial charge on any atom is 0.258 e. The van der Waals surface area contributed by atoms with Crippen LogP contribution in [0.2, 0.25) is 0 Å². The number of likely N-dealkylation sites (tertiary alicyclic amines) is 1. The number of nitrogens with zero attached hydrogens (tertiary/aromatic N) is 2. The minimum atomic E-state index is -0.473. The van der Waals surface area contributed by atoms with Crippen molar-refractivity contribution in [2.45, 2.75) is 31.7 Å². The van der Waals surface area contributed by atoms with Gasteiger partial charge in [0.15, 0.2) is 18.1 Å². The highest BCUT2D eigenvalue weighted by atomic mass is 19.1. The van der Waals surface area contributed by atoms with E-state index in [1.165, 1.54) is 19.2 Å². The molecule has 0 unspecified atom stereocenters. The quantitative estimate of drug-likeness (QED) is 0.548. The number of pyridine rings is 1. The molecule has 9 nitrogen and oxygen atoms in total. The number of nitrogens with one attached hydrogen (secondary N) is 2. The molecule has 2 aliphatic rings. The van der Waals surface area contributed by atoms with E-state index in [0.717, 1.165) is 12.1 Å². The molecule has 4 bridgehead atoms. The van der Waals surface area contributed by atoms with Crippen molar-refractivity contribution < 1.29 is 28.2 Å². The summed E-state index contributed by atoms with van der Waals surface area (Å²) in [5.41, 5.74) is 2.02. The average molecular weight is 521 g/mol. The van der Waals surface area contributed by atoms with Gasteiger partial charge in [0.25, 0.3) is 11.8 Å². The smallest absolute Gasteiger partial charge is 0.258 e. The highest BCUT2D eigenvalue weighted by molar-refractivity contribution is 5.95. The van der Waals surface area contributed by atoms with Crippen LogP contribution in [0.1, 0.15) is 27.9 Å². The van der Waals surface area contributed by atoms with Gasteiger partial charge in [0.05, 0.1) is 13.2 Å². The second-order valence-corrected chi connectivity index (χ2v) is 9.34. The number of hydrogen-bond acceptors (Lipinski definition) is 7. The Bertz CT molecular complexity index is 1310. The van der Waals surface area contributed by atoms with Crippen LogP contribution < -0.4 is 24.8 Å². The van der Waals surface area contributed by atoms with Crippen LogP contribution in [0.3, 0.4) is 0 Å². The Labute approximate surface area is 219 Å². The Morgan fingerprint density at radius 1 is 1.13 bits per heavy atom. The van der Waals surface area contributed by atoms with Crippen LogP contribution in [0.25, 0.3) is 0 Å². The van der Waals surface area contributed by atoms with Crippen molar-refractivity contribution >= 4 is 11.8 Å². The molecule has 0 aliphatic carbocycles. The van der Waals surface area contributed by atoms with E-state index >= 15 is 0 Å². The fourth-order valence-corrected chi connectivity index (χ4v) is 4.71. The first kappa shape index (κ1) is 25.5. The third kappa shape index (κ3) is 6.20. The lowest BCUT2D eigenvalue weighted by Gasteiger charge is -2.39. The first-order chi connectivity index (χ1) is 18.5. The number of amides is 2. The number of rotatable bonds is 3. The number of methoxy groups -OCH3 is 1. The van der Waals surface area contributed by atoms with Crippen LogP contribution in [0, 0.1) is 5.82 Å². The lowest BCUT2D eigenvalue weighted by Crippen LogP contribution is -2.56. The van der Waals surface area contributed by atoms with Gasteiger partial charge >= 0.3 is 0 Å². The minimum Gasteiger partial charge on any atom is -0.493 e. The highest BCUT2D eigenvalue weighted by Gasteiger charge is 2.33. The molecule has 2 aliphatic heterocycles. The summed E-state index contributed by atoms with van der Waals surface area (Å²) in [6, 6.07) is 12.7. The monoisotopic (exact) mass is 520 g/mol. The number of carbonyl (C=O) groups excluding carboxylic acids is 2. The Morgan fingerprint density at radius 2 is 1.97 bits per heavy atom. The lowest BCUT2D eigenvalue weighted by molar-refractivity contribution is -0.123. The van der Waals surface area contributed by atoms with E-state index in [1.54, 1.807) is 36.7 Å². The van der Waals surface area contributed by atoms with Gasteiger partial charge in [-0.05, 0) is 60.0 Å². The van der Waals surface area contributed by atoms with Gasteiger partial charge in [0.1, 0.15) is 17.7 Å². The van der Waals surface area contributed by atoms with E-state index in [9.17, 15) is 14.0 Å². The van der Waals surface area contributed by atoms with Gasteiger partial charge in [-0.3, -0.25) is 19.5 Å². The number of hydrogen-bond donors (Lipinski definition) is 2. The summed E-state index contributed by atoms with van der Waals surface area (Å²) in [5.74, 6) is -0.185. The van der Waals surface area contributed by atoms with Crippen molar-refractivity contribution in [2.75, 3.05) is 26.8 Å². The molecule has 198 valence electrons. The molecule has 1 saturated heterocycles. The number of benzene rings is 2. The van der Waals surface area contributed by atoms with Crippen LogP contribution in [-0.4, -0.2) is 60.7 Å². The summed E-state index contributed by atoms with van der Waals surface area (Å²) in [4.78, 5) is 32.1. The molecule has 1 aromatic heterocycles. The van der Waals surface area contributed by atoms with Gasteiger partial charge in [-0.25, -0.2) is 4.39 Å². The molecule has 0 saturated carbocycles. The third-order valence-corrected chi connectivity index (χ3v) is 6.60. The minimum absolute atomic E-state index is 0.109. The Hall–Kier alpha value is -4.18. The van der Waals surface area contributed by atoms with E-state index in [-0.39, 0.29) is 30.9 Å². The molecular weight excluding hydrogens is 491 g/mol. The Balaban J connectivity index is 1.45. The molecule has 2 N–H and O–H groups in total. The van der Waals surface area contributed by atoms with Crippen molar-refractivity contribution in [1.29, 1.82) is 0 Å². The molecule has 3 aromatic rings. The van der Waals surface area contributed by atoms with E-state index in [2.05, 4.69) is 20.5 Å². The third-order valence-electron chi connectivity index (χ3n) is 6.60. The number of halogens is 1. The predicted molar refractivity (Wildman–Crippen MR) is 137 cm³/mol. The first-order valence-corrected chi connectivity index (χ1v) is 12.4. The van der Waals surface area contributed by atoms with Crippen molar-refractivity contribution in [3.63, 3.8) is 0 Å². The molecule has 10 heteroatoms. The molecule has 2 aromatic carbocycles. The molecule has 1 fully saturated rings. The highest BCUT2D eigenvalue weighted by Crippen LogP contribution is 2.29. The van der Waals surface area contributed by atoms with Crippen LogP contribution in [0.5, 0.6) is 17.2 Å². The number of fused-ring (bicyclic) bond motifs is 5. The second-order valence-electron chi connectivity index (χ2n) is 9.34. The molecule has 3 heterocycles. The summed E-state index contributed by atoms with van der Waals surface area (Å²) in [6.45, 7) is 1.79. The van der Waals surface area contributed by atoms with Gasteiger partial charge in [-0.2, -0.15) is 0 Å². The molecule has 38 heavy (non-hydrogen) atoms. The first-order valence-electron chi connectivity index (χ1n) is 12.4. The average Bonchev–Trinajstić information content (AvgIpc) is 2.92. The number of piperidine rings is 1. The molecular formula is C28H29FN4O5. The van der Waals surface area contributed by atoms with E-state index in [4.69, 9.17) is 14.2 Å². The van der Waals surface area contributed by atoms with Gasteiger partial charge < -0.3 is 24.8 Å². The van der Waals surface area contributed by atoms with Gasteiger partial charge in [-0.1, -0.05) is 0 Å². The van der Waals surface area contributed by atoms with E-state index < -0.39 is 17.8 Å². The van der Waals surface area contributed by atoms with Crippen LogP contribution in [0.15, 0.2) is 60.9 Å². The van der Waals surface area contributed by atoms with Crippen molar-refractivity contribution in [2.24, 2.45) is 0 Å². The van der Waals surface area contributed by atoms with Crippen molar-refractivity contribution in [3.05, 3.63) is 83.4 Å².